The van der Waals surface area contributed by atoms with Gasteiger partial charge in [-0.05, 0) is 43.5 Å². The van der Waals surface area contributed by atoms with Crippen molar-refractivity contribution < 1.29 is 4.79 Å². The molecule has 0 saturated heterocycles. The van der Waals surface area contributed by atoms with Crippen molar-refractivity contribution in [2.75, 3.05) is 5.73 Å². The fourth-order valence-electron chi connectivity index (χ4n) is 3.13. The first-order valence-electron chi connectivity index (χ1n) is 8.54. The number of rotatable bonds is 5. The number of amides is 1. The maximum atomic E-state index is 13.1. The molecule has 134 valence electrons. The van der Waals surface area contributed by atoms with E-state index in [0.717, 1.165) is 22.4 Å². The Labute approximate surface area is 153 Å². The summed E-state index contributed by atoms with van der Waals surface area (Å²) in [5.74, 6) is 0.415. The van der Waals surface area contributed by atoms with E-state index in [1.807, 2.05) is 62.1 Å². The molecular formula is C20H23N5O. The molecule has 0 spiro atoms. The Morgan fingerprint density at radius 1 is 1.27 bits per heavy atom. The molecule has 26 heavy (non-hydrogen) atoms. The summed E-state index contributed by atoms with van der Waals surface area (Å²) in [5, 5.41) is 6.62. The Kier molecular flexibility index (Phi) is 5.02. The van der Waals surface area contributed by atoms with Crippen LogP contribution in [0.3, 0.4) is 0 Å². The number of H-pyrrole nitrogens is 1. The van der Waals surface area contributed by atoms with Crippen LogP contribution >= 0.6 is 0 Å². The summed E-state index contributed by atoms with van der Waals surface area (Å²) >= 11 is 0. The van der Waals surface area contributed by atoms with Crippen LogP contribution in [0.1, 0.15) is 45.7 Å². The molecule has 0 bridgehead atoms. The zero-order valence-corrected chi connectivity index (χ0v) is 15.2. The first kappa shape index (κ1) is 17.7. The molecule has 1 atom stereocenters. The van der Waals surface area contributed by atoms with Crippen LogP contribution < -0.4 is 5.73 Å². The van der Waals surface area contributed by atoms with Crippen molar-refractivity contribution in [3.8, 4) is 0 Å². The van der Waals surface area contributed by atoms with E-state index in [1.54, 1.807) is 12.4 Å². The minimum absolute atomic E-state index is 0.0780. The van der Waals surface area contributed by atoms with E-state index in [1.165, 1.54) is 0 Å². The van der Waals surface area contributed by atoms with E-state index in [2.05, 4.69) is 15.2 Å². The maximum absolute atomic E-state index is 13.1. The van der Waals surface area contributed by atoms with Gasteiger partial charge in [0.15, 0.2) is 0 Å². The van der Waals surface area contributed by atoms with Crippen LogP contribution in [0.4, 0.5) is 5.82 Å². The van der Waals surface area contributed by atoms with Gasteiger partial charge in [0.2, 0.25) is 0 Å². The van der Waals surface area contributed by atoms with Gasteiger partial charge >= 0.3 is 0 Å². The van der Waals surface area contributed by atoms with Crippen molar-refractivity contribution in [2.24, 2.45) is 0 Å². The molecule has 3 aromatic rings. The molecule has 0 aliphatic carbocycles. The number of carbonyl (C=O) groups is 1. The molecule has 1 aromatic carbocycles. The lowest BCUT2D eigenvalue weighted by atomic mass is 10.0. The number of aromatic nitrogens is 3. The van der Waals surface area contributed by atoms with E-state index < -0.39 is 0 Å². The van der Waals surface area contributed by atoms with Crippen molar-refractivity contribution in [1.29, 1.82) is 0 Å². The summed E-state index contributed by atoms with van der Waals surface area (Å²) < 4.78 is 0. The third-order valence-electron chi connectivity index (χ3n) is 4.66. The summed E-state index contributed by atoms with van der Waals surface area (Å²) in [4.78, 5) is 19.3. The Balaban J connectivity index is 2.00. The number of nitrogens with zero attached hydrogens (tertiary/aromatic N) is 3. The van der Waals surface area contributed by atoms with E-state index in [9.17, 15) is 4.79 Å². The monoisotopic (exact) mass is 349 g/mol. The average Bonchev–Trinajstić information content (AvgIpc) is 3.15. The Hall–Kier alpha value is -3.15. The second-order valence-corrected chi connectivity index (χ2v) is 6.43. The molecular weight excluding hydrogens is 326 g/mol. The smallest absolute Gasteiger partial charge is 0.257 e. The minimum Gasteiger partial charge on any atom is -0.384 e. The number of nitrogens with one attached hydrogen (secondary N) is 1. The second-order valence-electron chi connectivity index (χ2n) is 6.43. The van der Waals surface area contributed by atoms with Gasteiger partial charge in [-0.3, -0.25) is 9.89 Å². The van der Waals surface area contributed by atoms with Gasteiger partial charge in [0.1, 0.15) is 5.82 Å². The van der Waals surface area contributed by atoms with Crippen LogP contribution in [-0.4, -0.2) is 26.0 Å². The number of carbonyl (C=O) groups excluding carboxylic acids is 1. The van der Waals surface area contributed by atoms with Crippen LogP contribution in [0.25, 0.3) is 0 Å². The zero-order chi connectivity index (χ0) is 18.7. The normalized spacial score (nSPS) is 12.0. The second kappa shape index (κ2) is 7.39. The van der Waals surface area contributed by atoms with Gasteiger partial charge in [-0.25, -0.2) is 4.98 Å². The summed E-state index contributed by atoms with van der Waals surface area (Å²) in [6, 6.07) is 11.7. The number of nitrogens with two attached hydrogens (primary N) is 1. The number of aromatic amines is 1. The molecule has 2 aromatic heterocycles. The summed E-state index contributed by atoms with van der Waals surface area (Å²) in [6.07, 6.45) is 3.17. The van der Waals surface area contributed by atoms with E-state index >= 15 is 0 Å². The largest absolute Gasteiger partial charge is 0.384 e. The summed E-state index contributed by atoms with van der Waals surface area (Å²) in [6.45, 7) is 6.40. The summed E-state index contributed by atoms with van der Waals surface area (Å²) in [7, 11) is 0. The molecule has 0 aliphatic heterocycles. The first-order valence-corrected chi connectivity index (χ1v) is 8.54. The van der Waals surface area contributed by atoms with E-state index in [0.29, 0.717) is 17.9 Å². The van der Waals surface area contributed by atoms with E-state index in [-0.39, 0.29) is 11.9 Å². The highest BCUT2D eigenvalue weighted by Gasteiger charge is 2.25. The molecule has 3 rings (SSSR count). The first-order chi connectivity index (χ1) is 12.5. The maximum Gasteiger partial charge on any atom is 0.257 e. The van der Waals surface area contributed by atoms with Gasteiger partial charge in [0.25, 0.3) is 5.91 Å². The van der Waals surface area contributed by atoms with Crippen LogP contribution in [0.2, 0.25) is 0 Å². The summed E-state index contributed by atoms with van der Waals surface area (Å²) in [5.41, 5.74) is 10.3. The topological polar surface area (TPSA) is 87.9 Å². The number of nitrogen functional groups attached to an aromatic ring is 1. The van der Waals surface area contributed by atoms with Gasteiger partial charge in [-0.1, -0.05) is 30.3 Å². The predicted molar refractivity (Wildman–Crippen MR) is 101 cm³/mol. The molecule has 1 amide bonds. The number of aryl methyl sites for hydroxylation is 2. The average molecular weight is 349 g/mol. The van der Waals surface area contributed by atoms with Crippen LogP contribution in [0.5, 0.6) is 0 Å². The fraction of sp³-hybridized carbons (Fsp3) is 0.250. The standard InChI is InChI=1S/C20H23N5O/c1-13-9-19(21)24-14(2)18(13)12-25(20(26)17-10-22-23-11-17)15(3)16-7-5-4-6-8-16/h4-11,15H,12H2,1-3H3,(H2,21,24)(H,22,23). The predicted octanol–water partition coefficient (Wildman–Crippen LogP) is 3.41. The Morgan fingerprint density at radius 3 is 2.62 bits per heavy atom. The van der Waals surface area contributed by atoms with Crippen LogP contribution in [0, 0.1) is 13.8 Å². The van der Waals surface area contributed by atoms with Gasteiger partial charge in [0, 0.05) is 18.4 Å². The zero-order valence-electron chi connectivity index (χ0n) is 15.2. The Bertz CT molecular complexity index is 867. The van der Waals surface area contributed by atoms with Gasteiger partial charge in [-0.15, -0.1) is 0 Å². The van der Waals surface area contributed by atoms with Crippen molar-refractivity contribution >= 4 is 11.7 Å². The van der Waals surface area contributed by atoms with Crippen molar-refractivity contribution in [3.05, 3.63) is 76.7 Å². The van der Waals surface area contributed by atoms with Gasteiger partial charge < -0.3 is 10.6 Å². The fourth-order valence-corrected chi connectivity index (χ4v) is 3.13. The molecule has 0 saturated carbocycles. The van der Waals surface area contributed by atoms with Gasteiger partial charge in [-0.2, -0.15) is 5.10 Å². The van der Waals surface area contributed by atoms with Crippen molar-refractivity contribution in [3.63, 3.8) is 0 Å². The third kappa shape index (κ3) is 3.59. The lowest BCUT2D eigenvalue weighted by Crippen LogP contribution is -2.33. The van der Waals surface area contributed by atoms with Crippen LogP contribution in [-0.2, 0) is 6.54 Å². The molecule has 6 nitrogen and oxygen atoms in total. The highest BCUT2D eigenvalue weighted by molar-refractivity contribution is 5.94. The number of benzene rings is 1. The lowest BCUT2D eigenvalue weighted by Gasteiger charge is -2.30. The SMILES string of the molecule is Cc1cc(N)nc(C)c1CN(C(=O)c1cn[nH]c1)C(C)c1ccccc1. The third-order valence-corrected chi connectivity index (χ3v) is 4.66. The number of pyridine rings is 1. The highest BCUT2D eigenvalue weighted by Crippen LogP contribution is 2.26. The lowest BCUT2D eigenvalue weighted by molar-refractivity contribution is 0.0673. The molecule has 0 radical (unpaired) electrons. The molecule has 2 heterocycles. The molecule has 0 aliphatic rings. The van der Waals surface area contributed by atoms with E-state index in [4.69, 9.17) is 5.73 Å². The quantitative estimate of drug-likeness (QED) is 0.739. The Morgan fingerprint density at radius 2 is 2.00 bits per heavy atom. The molecule has 6 heteroatoms. The number of hydrogen-bond donors (Lipinski definition) is 2. The number of hydrogen-bond acceptors (Lipinski definition) is 4. The van der Waals surface area contributed by atoms with Crippen LogP contribution in [0.15, 0.2) is 48.8 Å². The number of anilines is 1. The molecule has 3 N–H and O–H groups in total. The van der Waals surface area contributed by atoms with Crippen molar-refractivity contribution in [1.82, 2.24) is 20.1 Å². The van der Waals surface area contributed by atoms with Gasteiger partial charge in [0.05, 0.1) is 17.8 Å². The van der Waals surface area contributed by atoms with Crippen molar-refractivity contribution in [2.45, 2.75) is 33.4 Å². The molecule has 0 fully saturated rings. The highest BCUT2D eigenvalue weighted by atomic mass is 16.2. The minimum atomic E-state index is -0.102. The molecule has 1 unspecified atom stereocenters.